The fourth-order valence-corrected chi connectivity index (χ4v) is 1.99. The molecule has 2 rings (SSSR count). The monoisotopic (exact) mass is 294 g/mol. The van der Waals surface area contributed by atoms with Crippen molar-refractivity contribution in [1.29, 1.82) is 0 Å². The normalized spacial score (nSPS) is 18.0. The minimum atomic E-state index is -0.856. The van der Waals surface area contributed by atoms with Crippen LogP contribution in [0.3, 0.4) is 0 Å². The Hall–Kier alpha value is -2.78. The smallest absolute Gasteiger partial charge is 0.353 e. The molecule has 0 aromatic carbocycles. The van der Waals surface area contributed by atoms with E-state index >= 15 is 0 Å². The van der Waals surface area contributed by atoms with Crippen LogP contribution in [0.15, 0.2) is 6.33 Å². The lowest BCUT2D eigenvalue weighted by Crippen LogP contribution is -2.32. The van der Waals surface area contributed by atoms with E-state index < -0.39 is 16.9 Å². The maximum absolute atomic E-state index is 11.8. The maximum Gasteiger partial charge on any atom is 0.353 e. The highest BCUT2D eigenvalue weighted by Gasteiger charge is 2.37. The van der Waals surface area contributed by atoms with Gasteiger partial charge in [-0.1, -0.05) is 0 Å². The molecular weight excluding hydrogens is 280 g/mol. The summed E-state index contributed by atoms with van der Waals surface area (Å²) in [5.41, 5.74) is -0.353. The van der Waals surface area contributed by atoms with Crippen molar-refractivity contribution in [2.75, 3.05) is 24.2 Å². The van der Waals surface area contributed by atoms with E-state index in [1.807, 2.05) is 0 Å². The van der Waals surface area contributed by atoms with Crippen molar-refractivity contribution in [2.24, 2.45) is 0 Å². The number of nitro groups is 1. The largest absolute Gasteiger partial charge is 0.364 e. The predicted octanol–water partition coefficient (Wildman–Crippen LogP) is -0.0142. The number of amides is 2. The molecule has 0 spiro atoms. The van der Waals surface area contributed by atoms with Crippen LogP contribution in [0, 0.1) is 10.1 Å². The molecule has 1 aromatic heterocycles. The summed E-state index contributed by atoms with van der Waals surface area (Å²) in [6, 6.07) is -0.856. The van der Waals surface area contributed by atoms with Gasteiger partial charge in [0.15, 0.2) is 0 Å². The average Bonchev–Trinajstić information content (AvgIpc) is 2.67. The van der Waals surface area contributed by atoms with Gasteiger partial charge in [-0.2, -0.15) is 0 Å². The molecule has 0 radical (unpaired) electrons. The Kier molecular flexibility index (Phi) is 3.96. The summed E-state index contributed by atoms with van der Waals surface area (Å²) >= 11 is 0. The molecule has 1 fully saturated rings. The second-order valence-electron chi connectivity index (χ2n) is 4.40. The SMILES string of the molecule is CCNc1ncnc(NC2CC(=O)N(C)C2=O)c1[N+](=O)[O-]. The molecule has 0 saturated carbocycles. The zero-order valence-electron chi connectivity index (χ0n) is 11.5. The van der Waals surface area contributed by atoms with Gasteiger partial charge in [-0.25, -0.2) is 9.97 Å². The quantitative estimate of drug-likeness (QED) is 0.440. The average molecular weight is 294 g/mol. The summed E-state index contributed by atoms with van der Waals surface area (Å²) in [5.74, 6) is -0.823. The number of likely N-dealkylation sites (N-methyl/N-ethyl adjacent to an activating group) is 1. The van der Waals surface area contributed by atoms with E-state index in [2.05, 4.69) is 20.6 Å². The number of carbonyl (C=O) groups excluding carboxylic acids is 2. The first-order valence-corrected chi connectivity index (χ1v) is 6.25. The van der Waals surface area contributed by atoms with Gasteiger partial charge in [-0.05, 0) is 6.92 Å². The fraction of sp³-hybridized carbons (Fsp3) is 0.455. The van der Waals surface area contributed by atoms with Crippen molar-refractivity contribution in [3.8, 4) is 0 Å². The van der Waals surface area contributed by atoms with Crippen LogP contribution in [0.1, 0.15) is 13.3 Å². The van der Waals surface area contributed by atoms with Gasteiger partial charge >= 0.3 is 5.69 Å². The van der Waals surface area contributed by atoms with Gasteiger partial charge in [0, 0.05) is 13.6 Å². The second-order valence-corrected chi connectivity index (χ2v) is 4.40. The van der Waals surface area contributed by atoms with Crippen LogP contribution in [0.2, 0.25) is 0 Å². The number of carbonyl (C=O) groups is 2. The molecule has 1 aromatic rings. The molecule has 2 N–H and O–H groups in total. The summed E-state index contributed by atoms with van der Waals surface area (Å²) < 4.78 is 0. The maximum atomic E-state index is 11.8. The molecular formula is C11H14N6O4. The summed E-state index contributed by atoms with van der Waals surface area (Å²) in [6.07, 6.45) is 1.09. The summed E-state index contributed by atoms with van der Waals surface area (Å²) in [5, 5.41) is 16.6. The fourth-order valence-electron chi connectivity index (χ4n) is 1.99. The molecule has 1 atom stereocenters. The molecule has 2 amide bonds. The van der Waals surface area contributed by atoms with Crippen molar-refractivity contribution < 1.29 is 14.5 Å². The highest BCUT2D eigenvalue weighted by molar-refractivity contribution is 6.06. The number of imide groups is 1. The second kappa shape index (κ2) is 5.69. The highest BCUT2D eigenvalue weighted by Crippen LogP contribution is 2.30. The number of anilines is 2. The number of hydrogen-bond donors (Lipinski definition) is 2. The van der Waals surface area contributed by atoms with Gasteiger partial charge in [0.05, 0.1) is 11.3 Å². The predicted molar refractivity (Wildman–Crippen MR) is 72.7 cm³/mol. The molecule has 1 aliphatic heterocycles. The van der Waals surface area contributed by atoms with Crippen LogP contribution < -0.4 is 10.6 Å². The Bertz CT molecular complexity index is 604. The lowest BCUT2D eigenvalue weighted by Gasteiger charge is -2.12. The van der Waals surface area contributed by atoms with E-state index in [0.717, 1.165) is 11.2 Å². The third-order valence-electron chi connectivity index (χ3n) is 3.04. The molecule has 1 saturated heterocycles. The third-order valence-corrected chi connectivity index (χ3v) is 3.04. The minimum absolute atomic E-state index is 0.0603. The van der Waals surface area contributed by atoms with E-state index in [0.29, 0.717) is 6.54 Å². The summed E-state index contributed by atoms with van der Waals surface area (Å²) in [6.45, 7) is 2.22. The van der Waals surface area contributed by atoms with E-state index in [-0.39, 0.29) is 29.7 Å². The molecule has 0 bridgehead atoms. The van der Waals surface area contributed by atoms with Crippen molar-refractivity contribution in [3.05, 3.63) is 16.4 Å². The van der Waals surface area contributed by atoms with Gasteiger partial charge in [0.25, 0.3) is 5.91 Å². The Labute approximate surface area is 119 Å². The van der Waals surface area contributed by atoms with E-state index in [1.54, 1.807) is 6.92 Å². The number of nitrogens with one attached hydrogen (secondary N) is 2. The molecule has 2 heterocycles. The van der Waals surface area contributed by atoms with Crippen LogP contribution in [0.4, 0.5) is 17.3 Å². The molecule has 0 aliphatic carbocycles. The zero-order valence-corrected chi connectivity index (χ0v) is 11.5. The summed E-state index contributed by atoms with van der Waals surface area (Å²) in [7, 11) is 1.37. The first-order valence-electron chi connectivity index (χ1n) is 6.25. The number of aromatic nitrogens is 2. The molecule has 10 nitrogen and oxygen atoms in total. The zero-order chi connectivity index (χ0) is 15.6. The molecule has 10 heteroatoms. The number of nitrogens with zero attached hydrogens (tertiary/aromatic N) is 4. The standard InChI is InChI=1S/C11H14N6O4/c1-3-12-9-8(17(20)21)10(14-5-13-9)15-6-4-7(18)16(2)11(6)19/h5-6H,3-4H2,1-2H3,(H2,12,13,14,15). The van der Waals surface area contributed by atoms with Gasteiger partial charge in [-0.3, -0.25) is 24.6 Å². The molecule has 1 aliphatic rings. The first kappa shape index (κ1) is 14.6. The van der Waals surface area contributed by atoms with Crippen molar-refractivity contribution in [2.45, 2.75) is 19.4 Å². The topological polar surface area (TPSA) is 130 Å². The van der Waals surface area contributed by atoms with Crippen LogP contribution in [0.25, 0.3) is 0 Å². The van der Waals surface area contributed by atoms with E-state index in [4.69, 9.17) is 0 Å². The van der Waals surface area contributed by atoms with Crippen LogP contribution in [-0.2, 0) is 9.59 Å². The van der Waals surface area contributed by atoms with Gasteiger partial charge in [0.1, 0.15) is 12.4 Å². The number of rotatable bonds is 5. The van der Waals surface area contributed by atoms with E-state index in [9.17, 15) is 19.7 Å². The number of likely N-dealkylation sites (tertiary alicyclic amines) is 1. The lowest BCUT2D eigenvalue weighted by molar-refractivity contribution is -0.383. The highest BCUT2D eigenvalue weighted by atomic mass is 16.6. The number of hydrogen-bond acceptors (Lipinski definition) is 8. The lowest BCUT2D eigenvalue weighted by atomic mass is 10.2. The Balaban J connectivity index is 2.32. The Morgan fingerprint density at radius 3 is 2.62 bits per heavy atom. The summed E-state index contributed by atoms with van der Waals surface area (Å²) in [4.78, 5) is 42.4. The minimum Gasteiger partial charge on any atom is -0.364 e. The van der Waals surface area contributed by atoms with Crippen molar-refractivity contribution in [3.63, 3.8) is 0 Å². The van der Waals surface area contributed by atoms with Crippen LogP contribution >= 0.6 is 0 Å². The molecule has 1 unspecified atom stereocenters. The van der Waals surface area contributed by atoms with Crippen molar-refractivity contribution in [1.82, 2.24) is 14.9 Å². The molecule has 21 heavy (non-hydrogen) atoms. The van der Waals surface area contributed by atoms with Crippen LogP contribution in [-0.4, -0.2) is 51.2 Å². The van der Waals surface area contributed by atoms with Gasteiger partial charge < -0.3 is 10.6 Å². The van der Waals surface area contributed by atoms with Crippen molar-refractivity contribution >= 4 is 29.1 Å². The molecule has 112 valence electrons. The van der Waals surface area contributed by atoms with Gasteiger partial charge in [-0.15, -0.1) is 0 Å². The Morgan fingerprint density at radius 1 is 1.43 bits per heavy atom. The van der Waals surface area contributed by atoms with Gasteiger partial charge in [0.2, 0.25) is 17.5 Å². The third kappa shape index (κ3) is 2.73. The van der Waals surface area contributed by atoms with E-state index in [1.165, 1.54) is 7.05 Å². The Morgan fingerprint density at radius 2 is 2.10 bits per heavy atom. The van der Waals surface area contributed by atoms with Crippen LogP contribution in [0.5, 0.6) is 0 Å². The first-order chi connectivity index (χ1) is 9.95.